The second kappa shape index (κ2) is 12.4. The van der Waals surface area contributed by atoms with Crippen molar-refractivity contribution in [3.05, 3.63) is 53.6 Å². The molecule has 1 N–H and O–H groups in total. The van der Waals surface area contributed by atoms with Crippen molar-refractivity contribution >= 4 is 0 Å². The number of aliphatic hydroxyl groups excluding tert-OH is 1. The van der Waals surface area contributed by atoms with Crippen molar-refractivity contribution in [1.82, 2.24) is 0 Å². The van der Waals surface area contributed by atoms with Crippen molar-refractivity contribution < 1.29 is 9.84 Å². The highest BCUT2D eigenvalue weighted by Crippen LogP contribution is 2.40. The Morgan fingerprint density at radius 1 is 0.812 bits per heavy atom. The van der Waals surface area contributed by atoms with E-state index in [1.54, 1.807) is 7.11 Å². The number of benzene rings is 2. The number of ether oxygens (including phenoxy) is 1. The summed E-state index contributed by atoms with van der Waals surface area (Å²) in [6, 6.07) is 14.7. The van der Waals surface area contributed by atoms with E-state index in [-0.39, 0.29) is 6.10 Å². The van der Waals surface area contributed by atoms with Crippen molar-refractivity contribution in [2.45, 2.75) is 91.1 Å². The zero-order valence-electron chi connectivity index (χ0n) is 20.8. The number of rotatable bonds is 5. The lowest BCUT2D eigenvalue weighted by atomic mass is 9.70. The molecule has 2 aliphatic carbocycles. The van der Waals surface area contributed by atoms with Crippen LogP contribution in [0.4, 0.5) is 0 Å². The van der Waals surface area contributed by atoms with Crippen LogP contribution in [-0.2, 0) is 0 Å². The molecular formula is C30H44O2. The molecule has 0 aliphatic heterocycles. The van der Waals surface area contributed by atoms with E-state index < -0.39 is 0 Å². The van der Waals surface area contributed by atoms with E-state index in [4.69, 9.17) is 4.74 Å². The first-order chi connectivity index (χ1) is 15.5. The van der Waals surface area contributed by atoms with Gasteiger partial charge in [-0.05, 0) is 98.9 Å². The summed E-state index contributed by atoms with van der Waals surface area (Å²) in [5.41, 5.74) is 5.13. The lowest BCUT2D eigenvalue weighted by Gasteiger charge is -2.36. The molecule has 0 bridgehead atoms. The standard InChI is InChI=1S/C15H16O.C15H28O/c1-11-4-9-15(12(2)10-11)13-5-7-14(16-3)8-6-13;1-2-3-12-4-6-13(7-5-12)14-8-10-15(16)11-9-14/h4-10H,1-3H3;12-16H,2-11H2,1H3. The topological polar surface area (TPSA) is 29.5 Å². The van der Waals surface area contributed by atoms with Crippen LogP contribution in [0.15, 0.2) is 42.5 Å². The summed E-state index contributed by atoms with van der Waals surface area (Å²) in [7, 11) is 1.69. The second-order valence-corrected chi connectivity index (χ2v) is 10.2. The van der Waals surface area contributed by atoms with Crippen LogP contribution in [0.1, 0.15) is 82.3 Å². The first-order valence-electron chi connectivity index (χ1n) is 12.9. The molecule has 0 amide bonds. The Hall–Kier alpha value is -1.80. The molecule has 0 heterocycles. The van der Waals surface area contributed by atoms with Crippen LogP contribution >= 0.6 is 0 Å². The maximum atomic E-state index is 9.54. The van der Waals surface area contributed by atoms with Crippen molar-refractivity contribution in [2.75, 3.05) is 7.11 Å². The van der Waals surface area contributed by atoms with Gasteiger partial charge in [-0.2, -0.15) is 0 Å². The molecule has 2 nitrogen and oxygen atoms in total. The van der Waals surface area contributed by atoms with E-state index in [0.717, 1.165) is 36.3 Å². The molecule has 0 spiro atoms. The van der Waals surface area contributed by atoms with Gasteiger partial charge < -0.3 is 9.84 Å². The van der Waals surface area contributed by atoms with Crippen LogP contribution in [0.5, 0.6) is 5.75 Å². The molecule has 2 aromatic carbocycles. The van der Waals surface area contributed by atoms with Crippen molar-refractivity contribution in [3.63, 3.8) is 0 Å². The van der Waals surface area contributed by atoms with Crippen LogP contribution in [0.25, 0.3) is 11.1 Å². The summed E-state index contributed by atoms with van der Waals surface area (Å²) in [6.45, 7) is 6.58. The molecule has 2 aromatic rings. The van der Waals surface area contributed by atoms with Crippen molar-refractivity contribution in [2.24, 2.45) is 17.8 Å². The molecule has 176 valence electrons. The molecule has 2 saturated carbocycles. The number of aryl methyl sites for hydroxylation is 2. The minimum absolute atomic E-state index is 0.0210. The predicted octanol–water partition coefficient (Wildman–Crippen LogP) is 8.12. The van der Waals surface area contributed by atoms with Crippen LogP contribution in [0.2, 0.25) is 0 Å². The largest absolute Gasteiger partial charge is 0.497 e. The highest BCUT2D eigenvalue weighted by atomic mass is 16.5. The molecule has 0 saturated heterocycles. The third-order valence-corrected chi connectivity index (χ3v) is 7.78. The number of aliphatic hydroxyl groups is 1. The second-order valence-electron chi connectivity index (χ2n) is 10.2. The molecular weight excluding hydrogens is 392 g/mol. The smallest absolute Gasteiger partial charge is 0.118 e. The fourth-order valence-electron chi connectivity index (χ4n) is 5.84. The molecule has 0 atom stereocenters. The Morgan fingerprint density at radius 3 is 1.94 bits per heavy atom. The minimum atomic E-state index is 0.0210. The Labute approximate surface area is 196 Å². The fourth-order valence-corrected chi connectivity index (χ4v) is 5.84. The van der Waals surface area contributed by atoms with Gasteiger partial charge in [0.25, 0.3) is 0 Å². The van der Waals surface area contributed by atoms with E-state index in [1.165, 1.54) is 73.6 Å². The lowest BCUT2D eigenvalue weighted by Crippen LogP contribution is -2.27. The SMILES string of the molecule is CCCC1CCC(C2CCC(O)CC2)CC1.COc1ccc(-c2ccc(C)cc2C)cc1. The molecule has 2 heteroatoms. The average Bonchev–Trinajstić information content (AvgIpc) is 2.81. The fraction of sp³-hybridized carbons (Fsp3) is 0.600. The van der Waals surface area contributed by atoms with Gasteiger partial charge in [0.2, 0.25) is 0 Å². The maximum Gasteiger partial charge on any atom is 0.118 e. The van der Waals surface area contributed by atoms with Crippen LogP contribution in [-0.4, -0.2) is 18.3 Å². The normalized spacial score (nSPS) is 25.5. The van der Waals surface area contributed by atoms with Gasteiger partial charge in [0, 0.05) is 0 Å². The minimum Gasteiger partial charge on any atom is -0.497 e. The number of hydrogen-bond donors (Lipinski definition) is 1. The van der Waals surface area contributed by atoms with E-state index >= 15 is 0 Å². The highest BCUT2D eigenvalue weighted by molar-refractivity contribution is 5.68. The van der Waals surface area contributed by atoms with Gasteiger partial charge in [-0.25, -0.2) is 0 Å². The van der Waals surface area contributed by atoms with Crippen molar-refractivity contribution in [3.8, 4) is 16.9 Å². The number of hydrogen-bond acceptors (Lipinski definition) is 2. The van der Waals surface area contributed by atoms with Gasteiger partial charge in [0.05, 0.1) is 13.2 Å². The summed E-state index contributed by atoms with van der Waals surface area (Å²) >= 11 is 0. The van der Waals surface area contributed by atoms with Gasteiger partial charge in [-0.15, -0.1) is 0 Å². The van der Waals surface area contributed by atoms with Gasteiger partial charge in [0.15, 0.2) is 0 Å². The third kappa shape index (κ3) is 7.10. The first-order valence-corrected chi connectivity index (χ1v) is 12.9. The van der Waals surface area contributed by atoms with Crippen LogP contribution in [0.3, 0.4) is 0 Å². The van der Waals surface area contributed by atoms with E-state index in [0.29, 0.717) is 0 Å². The zero-order chi connectivity index (χ0) is 22.9. The molecule has 0 unspecified atom stereocenters. The molecule has 0 aromatic heterocycles. The maximum absolute atomic E-state index is 9.54. The first kappa shape index (κ1) is 24.8. The molecule has 32 heavy (non-hydrogen) atoms. The predicted molar refractivity (Wildman–Crippen MR) is 136 cm³/mol. The Morgan fingerprint density at radius 2 is 1.41 bits per heavy atom. The van der Waals surface area contributed by atoms with Gasteiger partial charge >= 0.3 is 0 Å². The Kier molecular flexibility index (Phi) is 9.66. The van der Waals surface area contributed by atoms with E-state index in [9.17, 15) is 5.11 Å². The quantitative estimate of drug-likeness (QED) is 0.513. The molecule has 2 fully saturated rings. The monoisotopic (exact) mass is 436 g/mol. The summed E-state index contributed by atoms with van der Waals surface area (Å²) in [5, 5.41) is 9.54. The summed E-state index contributed by atoms with van der Waals surface area (Å²) in [4.78, 5) is 0. The molecule has 2 aliphatic rings. The summed E-state index contributed by atoms with van der Waals surface area (Å²) in [5.74, 6) is 3.88. The van der Waals surface area contributed by atoms with E-state index in [2.05, 4.69) is 51.1 Å². The summed E-state index contributed by atoms with van der Waals surface area (Å²) in [6.07, 6.45) is 13.5. The van der Waals surface area contributed by atoms with Crippen LogP contribution < -0.4 is 4.74 Å². The zero-order valence-corrected chi connectivity index (χ0v) is 20.8. The van der Waals surface area contributed by atoms with Crippen LogP contribution in [0, 0.1) is 31.6 Å². The average molecular weight is 437 g/mol. The highest BCUT2D eigenvalue weighted by Gasteiger charge is 2.29. The van der Waals surface area contributed by atoms with E-state index in [1.807, 2.05) is 12.1 Å². The van der Waals surface area contributed by atoms with Gasteiger partial charge in [-0.1, -0.05) is 68.5 Å². The van der Waals surface area contributed by atoms with Crippen molar-refractivity contribution in [1.29, 1.82) is 0 Å². The Balaban J connectivity index is 0.000000181. The lowest BCUT2D eigenvalue weighted by molar-refractivity contribution is 0.0764. The Bertz CT molecular complexity index is 794. The van der Waals surface area contributed by atoms with Gasteiger partial charge in [0.1, 0.15) is 5.75 Å². The third-order valence-electron chi connectivity index (χ3n) is 7.78. The summed E-state index contributed by atoms with van der Waals surface area (Å²) < 4.78 is 5.15. The number of methoxy groups -OCH3 is 1. The molecule has 0 radical (unpaired) electrons. The van der Waals surface area contributed by atoms with Gasteiger partial charge in [-0.3, -0.25) is 0 Å². The molecule has 4 rings (SSSR count).